The molecule has 0 atom stereocenters. The van der Waals surface area contributed by atoms with E-state index in [1.807, 2.05) is 0 Å². The molecule has 0 heterocycles. The van der Waals surface area contributed by atoms with Gasteiger partial charge in [0.15, 0.2) is 0 Å². The Kier molecular flexibility index (Phi) is 3.94. The van der Waals surface area contributed by atoms with Crippen LogP contribution in [0.1, 0.15) is 10.4 Å². The number of aromatic carboxylic acids is 1. The van der Waals surface area contributed by atoms with E-state index in [4.69, 9.17) is 5.11 Å². The predicted molar refractivity (Wildman–Crippen MR) is 32.2 cm³/mol. The van der Waals surface area contributed by atoms with Gasteiger partial charge in [0.1, 0.15) is 0 Å². The predicted octanol–water partition coefficient (Wildman–Crippen LogP) is 1.18. The Labute approximate surface area is 72.5 Å². The van der Waals surface area contributed by atoms with E-state index >= 15 is 0 Å². The van der Waals surface area contributed by atoms with Gasteiger partial charge in [0, 0.05) is 20.4 Å². The van der Waals surface area contributed by atoms with Gasteiger partial charge in [0.2, 0.25) is 5.97 Å². The molecule has 56 valence electrons. The van der Waals surface area contributed by atoms with Crippen LogP contribution in [0, 0.1) is 6.07 Å². The quantitative estimate of drug-likeness (QED) is 0.578. The van der Waals surface area contributed by atoms with Crippen LogP contribution < -0.4 is 0 Å². The molecule has 0 saturated heterocycles. The monoisotopic (exact) mass is 227 g/mol. The molecule has 0 fully saturated rings. The first-order valence-electron chi connectivity index (χ1n) is 2.51. The molecule has 10 heavy (non-hydrogen) atoms. The van der Waals surface area contributed by atoms with Gasteiger partial charge in [-0.1, -0.05) is 5.56 Å². The van der Waals surface area contributed by atoms with Crippen LogP contribution in [0.3, 0.4) is 0 Å². The molecular weight excluding hydrogens is 222 g/mol. The summed E-state index contributed by atoms with van der Waals surface area (Å²) in [4.78, 5) is 10.2. The van der Waals surface area contributed by atoms with Crippen LogP contribution in [0.15, 0.2) is 24.3 Å². The van der Waals surface area contributed by atoms with Crippen LogP contribution in [0.4, 0.5) is 0 Å². The van der Waals surface area contributed by atoms with E-state index in [-0.39, 0.29) is 26.0 Å². The largest absolute Gasteiger partial charge is 0.521 e. The fourth-order valence-corrected chi connectivity index (χ4v) is 0.526. The minimum absolute atomic E-state index is 0. The number of carboxylic acid groups (broad SMARTS) is 1. The summed E-state index contributed by atoms with van der Waals surface area (Å²) in [6, 6.07) is 9.04. The number of benzene rings is 1. The first-order valence-corrected chi connectivity index (χ1v) is 2.51. The molecule has 0 bridgehead atoms. The first kappa shape index (κ1) is 9.35. The number of hydrogen-bond acceptors (Lipinski definition) is 1. The minimum Gasteiger partial charge on any atom is -0.521 e. The van der Waals surface area contributed by atoms with Crippen LogP contribution >= 0.6 is 0 Å². The molecule has 2 nitrogen and oxygen atoms in total. The summed E-state index contributed by atoms with van der Waals surface area (Å²) < 4.78 is 0. The number of carbonyl (C=O) groups is 1. The van der Waals surface area contributed by atoms with Gasteiger partial charge in [0.25, 0.3) is 0 Å². The molecule has 3 heteroatoms. The van der Waals surface area contributed by atoms with E-state index in [1.54, 1.807) is 18.2 Å². The number of rotatable bonds is 1. The standard InChI is InChI=1S/C7H5O2.Pd/c8-7(9)6-4-2-1-3-5-6;/h1-4H,(H,8,9);/q-1;. The van der Waals surface area contributed by atoms with Crippen molar-refractivity contribution in [3.8, 4) is 0 Å². The Bertz CT molecular complexity index is 208. The van der Waals surface area contributed by atoms with Crippen LogP contribution in [-0.2, 0) is 20.4 Å². The van der Waals surface area contributed by atoms with Crippen molar-refractivity contribution in [3.05, 3.63) is 35.9 Å². The van der Waals surface area contributed by atoms with Gasteiger partial charge in [-0.3, -0.25) is 0 Å². The third-order valence-corrected chi connectivity index (χ3v) is 0.939. The van der Waals surface area contributed by atoms with Gasteiger partial charge in [-0.25, -0.2) is 0 Å². The van der Waals surface area contributed by atoms with Crippen LogP contribution in [-0.4, -0.2) is 11.1 Å². The van der Waals surface area contributed by atoms with Crippen molar-refractivity contribution >= 4 is 5.97 Å². The zero-order valence-electron chi connectivity index (χ0n) is 4.98. The van der Waals surface area contributed by atoms with E-state index in [2.05, 4.69) is 6.07 Å². The molecule has 1 rings (SSSR count). The van der Waals surface area contributed by atoms with E-state index in [0.717, 1.165) is 0 Å². The number of hydrogen-bond donors (Lipinski definition) is 1. The second kappa shape index (κ2) is 4.21. The zero-order chi connectivity index (χ0) is 6.69. The Balaban J connectivity index is 0.000000810. The molecule has 0 unspecified atom stereocenters. The summed E-state index contributed by atoms with van der Waals surface area (Å²) in [6.45, 7) is 0. The molecule has 0 saturated carbocycles. The van der Waals surface area contributed by atoms with Gasteiger partial charge in [-0.2, -0.15) is 0 Å². The summed E-state index contributed by atoms with van der Waals surface area (Å²) in [5.74, 6) is -0.935. The molecule has 1 aromatic carbocycles. The Morgan fingerprint density at radius 1 is 1.50 bits per heavy atom. The van der Waals surface area contributed by atoms with Gasteiger partial charge in [0.05, 0.1) is 0 Å². The smallest absolute Gasteiger partial charge is 0.247 e. The average molecular weight is 228 g/mol. The summed E-state index contributed by atoms with van der Waals surface area (Å²) >= 11 is 0. The second-order valence-corrected chi connectivity index (χ2v) is 1.58. The van der Waals surface area contributed by atoms with E-state index in [1.165, 1.54) is 6.07 Å². The van der Waals surface area contributed by atoms with Gasteiger partial charge < -0.3 is 9.90 Å². The topological polar surface area (TPSA) is 37.3 Å². The fourth-order valence-electron chi connectivity index (χ4n) is 0.526. The van der Waals surface area contributed by atoms with Crippen molar-refractivity contribution in [1.82, 2.24) is 0 Å². The van der Waals surface area contributed by atoms with Crippen LogP contribution in [0.25, 0.3) is 0 Å². The van der Waals surface area contributed by atoms with Gasteiger partial charge in [-0.15, -0.1) is 30.3 Å². The van der Waals surface area contributed by atoms with Crippen molar-refractivity contribution < 1.29 is 30.3 Å². The van der Waals surface area contributed by atoms with Crippen molar-refractivity contribution in [2.75, 3.05) is 0 Å². The van der Waals surface area contributed by atoms with Crippen molar-refractivity contribution in [3.63, 3.8) is 0 Å². The van der Waals surface area contributed by atoms with Gasteiger partial charge >= 0.3 is 0 Å². The molecule has 0 aliphatic rings. The van der Waals surface area contributed by atoms with E-state index in [9.17, 15) is 4.79 Å². The maximum absolute atomic E-state index is 10.2. The molecule has 0 radical (unpaired) electrons. The number of carboxylic acids is 1. The summed E-state index contributed by atoms with van der Waals surface area (Å²) in [6.07, 6.45) is 0. The SMILES string of the molecule is O=C(O)c1[c-]cccc1.[Pd]. The molecule has 0 aliphatic carbocycles. The molecule has 0 aromatic heterocycles. The van der Waals surface area contributed by atoms with Crippen LogP contribution in [0.2, 0.25) is 0 Å². The fraction of sp³-hybridized carbons (Fsp3) is 0. The molecule has 0 amide bonds. The van der Waals surface area contributed by atoms with E-state index < -0.39 is 5.97 Å². The molecule has 0 aliphatic heterocycles. The maximum Gasteiger partial charge on any atom is 0.247 e. The zero-order valence-corrected chi connectivity index (χ0v) is 6.54. The molecular formula is C7H5O2Pd-. The van der Waals surface area contributed by atoms with Crippen LogP contribution in [0.5, 0.6) is 0 Å². The summed E-state index contributed by atoms with van der Waals surface area (Å²) in [5.41, 5.74) is 0.206. The van der Waals surface area contributed by atoms with E-state index in [0.29, 0.717) is 0 Å². The molecule has 1 N–H and O–H groups in total. The third-order valence-electron chi connectivity index (χ3n) is 0.939. The maximum atomic E-state index is 10.2. The normalized spacial score (nSPS) is 8.00. The molecule has 1 aromatic rings. The first-order chi connectivity index (χ1) is 4.30. The Morgan fingerprint density at radius 2 is 2.20 bits per heavy atom. The Morgan fingerprint density at radius 3 is 2.50 bits per heavy atom. The third kappa shape index (κ3) is 2.30. The Hall–Kier alpha value is -0.648. The summed E-state index contributed by atoms with van der Waals surface area (Å²) in [5, 5.41) is 8.35. The van der Waals surface area contributed by atoms with Crippen molar-refractivity contribution in [1.29, 1.82) is 0 Å². The van der Waals surface area contributed by atoms with Crippen molar-refractivity contribution in [2.45, 2.75) is 0 Å². The van der Waals surface area contributed by atoms with Crippen molar-refractivity contribution in [2.24, 2.45) is 0 Å². The average Bonchev–Trinajstić information content (AvgIpc) is 1.90. The summed E-state index contributed by atoms with van der Waals surface area (Å²) in [7, 11) is 0. The second-order valence-electron chi connectivity index (χ2n) is 1.58. The molecule has 0 spiro atoms. The minimum atomic E-state index is -0.935. The van der Waals surface area contributed by atoms with Gasteiger partial charge in [-0.05, 0) is 0 Å².